The summed E-state index contributed by atoms with van der Waals surface area (Å²) in [5.74, 6) is 0.539. The molecule has 8 heteroatoms. The van der Waals surface area contributed by atoms with Gasteiger partial charge in [0.05, 0.1) is 23.5 Å². The van der Waals surface area contributed by atoms with Crippen molar-refractivity contribution >= 4 is 48.9 Å². The lowest BCUT2D eigenvalue weighted by molar-refractivity contribution is 0.415. The van der Waals surface area contributed by atoms with Gasteiger partial charge in [0.25, 0.3) is 10.0 Å². The van der Waals surface area contributed by atoms with E-state index in [1.54, 1.807) is 12.1 Å². The Bertz CT molecular complexity index is 781. The number of sulfonamides is 1. The van der Waals surface area contributed by atoms with Crippen molar-refractivity contribution < 1.29 is 13.2 Å². The van der Waals surface area contributed by atoms with Gasteiger partial charge in [-0.2, -0.15) is 0 Å². The van der Waals surface area contributed by atoms with Gasteiger partial charge in [-0.25, -0.2) is 8.42 Å². The molecule has 0 unspecified atom stereocenters. The van der Waals surface area contributed by atoms with E-state index in [-0.39, 0.29) is 21.3 Å². The zero-order valence-corrected chi connectivity index (χ0v) is 14.1. The van der Waals surface area contributed by atoms with E-state index < -0.39 is 10.0 Å². The maximum atomic E-state index is 12.3. The number of hydrogen-bond acceptors (Lipinski definition) is 4. The largest absolute Gasteiger partial charge is 0.497 e. The third-order valence-electron chi connectivity index (χ3n) is 2.69. The van der Waals surface area contributed by atoms with Gasteiger partial charge in [0.2, 0.25) is 0 Å². The number of rotatable bonds is 4. The number of methoxy groups -OCH3 is 1. The van der Waals surface area contributed by atoms with Gasteiger partial charge in [0.1, 0.15) is 10.6 Å². The van der Waals surface area contributed by atoms with Crippen LogP contribution in [-0.2, 0) is 10.0 Å². The Labute approximate surface area is 136 Å². The first-order valence-corrected chi connectivity index (χ1v) is 8.40. The molecule has 0 spiro atoms. The summed E-state index contributed by atoms with van der Waals surface area (Å²) in [4.78, 5) is -0.0254. The first-order valence-electron chi connectivity index (χ1n) is 5.75. The zero-order valence-electron chi connectivity index (χ0n) is 10.9. The number of nitrogens with two attached hydrogens (primary N) is 1. The summed E-state index contributed by atoms with van der Waals surface area (Å²) in [5.41, 5.74) is 6.31. The molecule has 21 heavy (non-hydrogen) atoms. The van der Waals surface area contributed by atoms with Crippen LogP contribution in [0.5, 0.6) is 5.75 Å². The molecule has 0 fully saturated rings. The summed E-state index contributed by atoms with van der Waals surface area (Å²) in [5, 5.41) is 0.115. The van der Waals surface area contributed by atoms with Crippen LogP contribution >= 0.6 is 27.5 Å². The van der Waals surface area contributed by atoms with Crippen molar-refractivity contribution in [2.24, 2.45) is 0 Å². The lowest BCUT2D eigenvalue weighted by atomic mass is 10.2. The first kappa shape index (κ1) is 15.9. The van der Waals surface area contributed by atoms with E-state index in [1.165, 1.54) is 31.4 Å². The zero-order chi connectivity index (χ0) is 15.6. The molecule has 0 saturated carbocycles. The minimum atomic E-state index is -3.83. The molecule has 5 nitrogen and oxygen atoms in total. The lowest BCUT2D eigenvalue weighted by Crippen LogP contribution is -2.14. The number of nitrogens with one attached hydrogen (secondary N) is 1. The van der Waals surface area contributed by atoms with E-state index in [2.05, 4.69) is 20.7 Å². The maximum absolute atomic E-state index is 12.3. The van der Waals surface area contributed by atoms with Crippen LogP contribution in [0.25, 0.3) is 0 Å². The van der Waals surface area contributed by atoms with Crippen LogP contribution in [0.3, 0.4) is 0 Å². The normalized spacial score (nSPS) is 11.2. The van der Waals surface area contributed by atoms with Gasteiger partial charge in [-0.05, 0) is 30.3 Å². The first-order chi connectivity index (χ1) is 9.83. The second kappa shape index (κ2) is 6.13. The highest BCUT2D eigenvalue weighted by Gasteiger charge is 2.19. The molecule has 2 aromatic rings. The molecule has 0 aliphatic heterocycles. The molecule has 0 atom stereocenters. The van der Waals surface area contributed by atoms with Crippen LogP contribution in [0.15, 0.2) is 45.8 Å². The summed E-state index contributed by atoms with van der Waals surface area (Å²) in [6.45, 7) is 0. The van der Waals surface area contributed by atoms with E-state index in [0.29, 0.717) is 10.2 Å². The van der Waals surface area contributed by atoms with Gasteiger partial charge in [0, 0.05) is 10.5 Å². The van der Waals surface area contributed by atoms with Gasteiger partial charge < -0.3 is 10.5 Å². The standard InChI is InChI=1S/C13H12BrClN2O3S/c1-20-9-3-4-12(11(16)7-9)17-21(18,19)13-5-2-8(14)6-10(13)15/h2-7,17H,16H2,1H3. The number of ether oxygens (including phenoxy) is 1. The highest BCUT2D eigenvalue weighted by molar-refractivity contribution is 9.10. The van der Waals surface area contributed by atoms with Crippen molar-refractivity contribution in [1.82, 2.24) is 0 Å². The Morgan fingerprint density at radius 2 is 1.95 bits per heavy atom. The minimum Gasteiger partial charge on any atom is -0.497 e. The Balaban J connectivity index is 2.37. The van der Waals surface area contributed by atoms with Gasteiger partial charge in [-0.3, -0.25) is 4.72 Å². The van der Waals surface area contributed by atoms with Crippen LogP contribution in [0.1, 0.15) is 0 Å². The molecule has 0 aliphatic rings. The molecule has 0 aromatic heterocycles. The fraction of sp³-hybridized carbons (Fsp3) is 0.0769. The van der Waals surface area contributed by atoms with Gasteiger partial charge >= 0.3 is 0 Å². The third-order valence-corrected chi connectivity index (χ3v) is 5.03. The summed E-state index contributed by atoms with van der Waals surface area (Å²) in [7, 11) is -2.33. The average molecular weight is 392 g/mol. The van der Waals surface area contributed by atoms with Crippen molar-refractivity contribution in [3.05, 3.63) is 45.9 Å². The van der Waals surface area contributed by atoms with Crippen LogP contribution in [-0.4, -0.2) is 15.5 Å². The van der Waals surface area contributed by atoms with Gasteiger partial charge in [-0.1, -0.05) is 27.5 Å². The SMILES string of the molecule is COc1ccc(NS(=O)(=O)c2ccc(Br)cc2Cl)c(N)c1. The fourth-order valence-corrected chi connectivity index (χ4v) is 3.78. The molecule has 0 heterocycles. The van der Waals surface area contributed by atoms with Crippen LogP contribution in [0.2, 0.25) is 5.02 Å². The molecule has 0 aliphatic carbocycles. The van der Waals surface area contributed by atoms with Crippen LogP contribution < -0.4 is 15.2 Å². The molecule has 2 rings (SSSR count). The second-order valence-corrected chi connectivity index (χ2v) is 7.11. The highest BCUT2D eigenvalue weighted by atomic mass is 79.9. The lowest BCUT2D eigenvalue weighted by Gasteiger charge is -2.12. The number of halogens is 2. The number of benzene rings is 2. The van der Waals surface area contributed by atoms with Crippen molar-refractivity contribution in [1.29, 1.82) is 0 Å². The molecular weight excluding hydrogens is 380 g/mol. The molecule has 3 N–H and O–H groups in total. The minimum absolute atomic E-state index is 0.0254. The van der Waals surface area contributed by atoms with Crippen molar-refractivity contribution in [2.45, 2.75) is 4.90 Å². The van der Waals surface area contributed by atoms with Crippen molar-refractivity contribution in [3.8, 4) is 5.75 Å². The van der Waals surface area contributed by atoms with E-state index in [9.17, 15) is 8.42 Å². The van der Waals surface area contributed by atoms with Crippen LogP contribution in [0, 0.1) is 0 Å². The average Bonchev–Trinajstić information content (AvgIpc) is 2.40. The summed E-state index contributed by atoms with van der Waals surface area (Å²) >= 11 is 9.19. The Morgan fingerprint density at radius 1 is 1.24 bits per heavy atom. The molecule has 0 amide bonds. The van der Waals surface area contributed by atoms with Crippen molar-refractivity contribution in [3.63, 3.8) is 0 Å². The van der Waals surface area contributed by atoms with E-state index in [1.807, 2.05) is 0 Å². The third kappa shape index (κ3) is 3.61. The van der Waals surface area contributed by atoms with Crippen molar-refractivity contribution in [2.75, 3.05) is 17.6 Å². The molecule has 0 radical (unpaired) electrons. The molecule has 0 saturated heterocycles. The Kier molecular flexibility index (Phi) is 4.65. The molecular formula is C13H12BrClN2O3S. The predicted molar refractivity (Wildman–Crippen MR) is 87.4 cm³/mol. The van der Waals surface area contributed by atoms with Gasteiger partial charge in [0.15, 0.2) is 0 Å². The molecule has 112 valence electrons. The summed E-state index contributed by atoms with van der Waals surface area (Å²) in [6.07, 6.45) is 0. The number of hydrogen-bond donors (Lipinski definition) is 2. The fourth-order valence-electron chi connectivity index (χ4n) is 1.65. The quantitative estimate of drug-likeness (QED) is 0.782. The summed E-state index contributed by atoms with van der Waals surface area (Å²) in [6, 6.07) is 9.18. The smallest absolute Gasteiger partial charge is 0.263 e. The topological polar surface area (TPSA) is 81.4 Å². The van der Waals surface area contributed by atoms with E-state index >= 15 is 0 Å². The second-order valence-electron chi connectivity index (χ2n) is 4.13. The van der Waals surface area contributed by atoms with E-state index in [0.717, 1.165) is 0 Å². The maximum Gasteiger partial charge on any atom is 0.263 e. The molecule has 0 bridgehead atoms. The van der Waals surface area contributed by atoms with E-state index in [4.69, 9.17) is 22.1 Å². The Morgan fingerprint density at radius 3 is 2.52 bits per heavy atom. The predicted octanol–water partition coefficient (Wildman–Crippen LogP) is 3.49. The molecule has 2 aromatic carbocycles. The number of nitrogen functional groups attached to an aromatic ring is 1. The van der Waals surface area contributed by atoms with Gasteiger partial charge in [-0.15, -0.1) is 0 Å². The number of anilines is 2. The highest BCUT2D eigenvalue weighted by Crippen LogP contribution is 2.30. The summed E-state index contributed by atoms with van der Waals surface area (Å²) < 4.78 is 32.8. The monoisotopic (exact) mass is 390 g/mol. The van der Waals surface area contributed by atoms with Crippen LogP contribution in [0.4, 0.5) is 11.4 Å². The Hall–Kier alpha value is -1.44.